The number of nitrogens with zero attached hydrogens (tertiary/aromatic N) is 1. The molecule has 2 N–H and O–H groups in total. The highest BCUT2D eigenvalue weighted by molar-refractivity contribution is 6.31. The lowest BCUT2D eigenvalue weighted by Crippen LogP contribution is -2.39. The van der Waals surface area contributed by atoms with Crippen LogP contribution in [0.25, 0.3) is 0 Å². The van der Waals surface area contributed by atoms with Gasteiger partial charge in [-0.05, 0) is 30.2 Å². The number of amides is 1. The van der Waals surface area contributed by atoms with E-state index in [4.69, 9.17) is 11.6 Å². The highest BCUT2D eigenvalue weighted by Gasteiger charge is 2.20. The van der Waals surface area contributed by atoms with Crippen molar-refractivity contribution in [2.24, 2.45) is 7.05 Å². The number of aryl methyl sites for hydroxylation is 1. The van der Waals surface area contributed by atoms with Gasteiger partial charge in [-0.15, -0.1) is 0 Å². The van der Waals surface area contributed by atoms with Gasteiger partial charge in [-0.25, -0.2) is 0 Å². The zero-order valence-electron chi connectivity index (χ0n) is 11.9. The Morgan fingerprint density at radius 2 is 2.29 bits per heavy atom. The molecule has 21 heavy (non-hydrogen) atoms. The van der Waals surface area contributed by atoms with Gasteiger partial charge in [0.05, 0.1) is 5.02 Å². The smallest absolute Gasteiger partial charge is 0.268 e. The first-order valence-electron chi connectivity index (χ1n) is 7.06. The Bertz CT molecular complexity index is 665. The maximum Gasteiger partial charge on any atom is 0.268 e. The fourth-order valence-corrected chi connectivity index (χ4v) is 3.06. The Morgan fingerprint density at radius 3 is 3.05 bits per heavy atom. The molecule has 1 aromatic carbocycles. The first-order chi connectivity index (χ1) is 10.1. The molecule has 3 rings (SSSR count). The summed E-state index contributed by atoms with van der Waals surface area (Å²) in [5.74, 6) is -0.103. The normalized spacial score (nSPS) is 17.3. The first-order valence-corrected chi connectivity index (χ1v) is 7.44. The van der Waals surface area contributed by atoms with Crippen molar-refractivity contribution in [3.8, 4) is 0 Å². The molecule has 2 heterocycles. The molecule has 1 aromatic heterocycles. The lowest BCUT2D eigenvalue weighted by atomic mass is 9.94. The summed E-state index contributed by atoms with van der Waals surface area (Å²) in [6, 6.07) is 10.2. The Morgan fingerprint density at radius 1 is 1.48 bits per heavy atom. The van der Waals surface area contributed by atoms with Crippen LogP contribution in [-0.2, 0) is 13.5 Å². The molecule has 1 atom stereocenters. The molecule has 0 saturated heterocycles. The molecule has 110 valence electrons. The molecule has 0 radical (unpaired) electrons. The second-order valence-corrected chi connectivity index (χ2v) is 5.76. The molecule has 1 amide bonds. The summed E-state index contributed by atoms with van der Waals surface area (Å²) in [5, 5.41) is 7.01. The van der Waals surface area contributed by atoms with E-state index in [1.54, 1.807) is 16.8 Å². The van der Waals surface area contributed by atoms with Crippen molar-refractivity contribution in [3.05, 3.63) is 58.4 Å². The Kier molecular flexibility index (Phi) is 3.99. The van der Waals surface area contributed by atoms with Gasteiger partial charge < -0.3 is 15.2 Å². The number of hydrogen-bond acceptors (Lipinski definition) is 2. The van der Waals surface area contributed by atoms with E-state index in [-0.39, 0.29) is 11.9 Å². The van der Waals surface area contributed by atoms with Gasteiger partial charge in [0.25, 0.3) is 5.91 Å². The third kappa shape index (κ3) is 2.96. The quantitative estimate of drug-likeness (QED) is 0.914. The van der Waals surface area contributed by atoms with E-state index in [1.165, 1.54) is 11.1 Å². The molecular weight excluding hydrogens is 286 g/mol. The molecule has 1 aliphatic rings. The second kappa shape index (κ2) is 5.92. The minimum Gasteiger partial charge on any atom is -0.349 e. The summed E-state index contributed by atoms with van der Waals surface area (Å²) >= 11 is 5.91. The van der Waals surface area contributed by atoms with E-state index in [1.807, 2.05) is 13.1 Å². The third-order valence-corrected chi connectivity index (χ3v) is 4.09. The van der Waals surface area contributed by atoms with Crippen LogP contribution in [0.15, 0.2) is 36.5 Å². The fraction of sp³-hybridized carbons (Fsp3) is 0.312. The van der Waals surface area contributed by atoms with Crippen molar-refractivity contribution in [3.63, 3.8) is 0 Å². The van der Waals surface area contributed by atoms with Crippen LogP contribution in [0.1, 0.15) is 27.7 Å². The maximum atomic E-state index is 12.2. The van der Waals surface area contributed by atoms with Crippen LogP contribution < -0.4 is 10.6 Å². The van der Waals surface area contributed by atoms with Crippen LogP contribution in [0.5, 0.6) is 0 Å². The second-order valence-electron chi connectivity index (χ2n) is 5.32. The summed E-state index contributed by atoms with van der Waals surface area (Å²) in [6.07, 6.45) is 2.76. The summed E-state index contributed by atoms with van der Waals surface area (Å²) < 4.78 is 1.74. The third-order valence-electron chi connectivity index (χ3n) is 3.89. The number of fused-ring (bicyclic) bond motifs is 1. The molecule has 1 aliphatic heterocycles. The maximum absolute atomic E-state index is 12.2. The monoisotopic (exact) mass is 303 g/mol. The molecule has 1 unspecified atom stereocenters. The van der Waals surface area contributed by atoms with E-state index in [9.17, 15) is 4.79 Å². The molecule has 0 saturated carbocycles. The van der Waals surface area contributed by atoms with Gasteiger partial charge in [0.1, 0.15) is 5.69 Å². The fourth-order valence-electron chi connectivity index (χ4n) is 2.81. The number of carbonyl (C=O) groups excluding carboxylic acids is 1. The number of aromatic nitrogens is 1. The number of rotatable bonds is 3. The van der Waals surface area contributed by atoms with Crippen molar-refractivity contribution in [2.45, 2.75) is 12.5 Å². The number of benzene rings is 1. The molecule has 0 bridgehead atoms. The van der Waals surface area contributed by atoms with Gasteiger partial charge in [-0.2, -0.15) is 0 Å². The van der Waals surface area contributed by atoms with Gasteiger partial charge >= 0.3 is 0 Å². The van der Waals surface area contributed by atoms with E-state index < -0.39 is 0 Å². The minimum absolute atomic E-state index is 0.103. The summed E-state index contributed by atoms with van der Waals surface area (Å²) in [7, 11) is 1.81. The average Bonchev–Trinajstić information content (AvgIpc) is 2.83. The molecule has 0 fully saturated rings. The highest BCUT2D eigenvalue weighted by Crippen LogP contribution is 2.22. The highest BCUT2D eigenvalue weighted by atomic mass is 35.5. The van der Waals surface area contributed by atoms with E-state index in [0.29, 0.717) is 17.3 Å². The molecule has 4 nitrogen and oxygen atoms in total. The Hall–Kier alpha value is -1.78. The summed E-state index contributed by atoms with van der Waals surface area (Å²) in [4.78, 5) is 12.2. The number of hydrogen-bond donors (Lipinski definition) is 2. The van der Waals surface area contributed by atoms with Crippen molar-refractivity contribution >= 4 is 17.5 Å². The standard InChI is InChI=1S/C16H18ClN3O/c1-20-10-12(17)8-15(20)16(21)19-9-14-13-5-3-2-4-11(13)6-7-18-14/h2-5,8,10,14,18H,6-7,9H2,1H3,(H,19,21). The number of halogens is 1. The van der Waals surface area contributed by atoms with Crippen LogP contribution in [0.4, 0.5) is 0 Å². The topological polar surface area (TPSA) is 46.1 Å². The van der Waals surface area contributed by atoms with Gasteiger partial charge in [-0.3, -0.25) is 4.79 Å². The van der Waals surface area contributed by atoms with E-state index in [2.05, 4.69) is 28.8 Å². The summed E-state index contributed by atoms with van der Waals surface area (Å²) in [6.45, 7) is 1.51. The largest absolute Gasteiger partial charge is 0.349 e. The zero-order chi connectivity index (χ0) is 14.8. The average molecular weight is 304 g/mol. The Balaban J connectivity index is 1.69. The molecule has 0 aliphatic carbocycles. The van der Waals surface area contributed by atoms with Crippen LogP contribution in [0.3, 0.4) is 0 Å². The SMILES string of the molecule is Cn1cc(Cl)cc1C(=O)NCC1NCCc2ccccc21. The predicted octanol–water partition coefficient (Wildman–Crippen LogP) is 2.30. The van der Waals surface area contributed by atoms with Gasteiger partial charge in [-0.1, -0.05) is 35.9 Å². The van der Waals surface area contributed by atoms with Gasteiger partial charge in [0.2, 0.25) is 0 Å². The van der Waals surface area contributed by atoms with Crippen LogP contribution in [-0.4, -0.2) is 23.6 Å². The van der Waals surface area contributed by atoms with Crippen molar-refractivity contribution < 1.29 is 4.79 Å². The zero-order valence-corrected chi connectivity index (χ0v) is 12.7. The van der Waals surface area contributed by atoms with Crippen molar-refractivity contribution in [1.29, 1.82) is 0 Å². The number of nitrogens with one attached hydrogen (secondary N) is 2. The molecule has 0 spiro atoms. The van der Waals surface area contributed by atoms with E-state index in [0.717, 1.165) is 13.0 Å². The predicted molar refractivity (Wildman–Crippen MR) is 83.6 cm³/mol. The first kappa shape index (κ1) is 14.2. The Labute approximate surface area is 129 Å². The van der Waals surface area contributed by atoms with Gasteiger partial charge in [0.15, 0.2) is 0 Å². The lowest BCUT2D eigenvalue weighted by Gasteiger charge is -2.27. The molecule has 5 heteroatoms. The summed E-state index contributed by atoms with van der Waals surface area (Å²) in [5.41, 5.74) is 3.20. The van der Waals surface area contributed by atoms with Gasteiger partial charge in [0, 0.05) is 25.8 Å². The van der Waals surface area contributed by atoms with Crippen LogP contribution in [0.2, 0.25) is 5.02 Å². The molecular formula is C16H18ClN3O. The van der Waals surface area contributed by atoms with Crippen molar-refractivity contribution in [2.75, 3.05) is 13.1 Å². The number of carbonyl (C=O) groups is 1. The van der Waals surface area contributed by atoms with Crippen molar-refractivity contribution in [1.82, 2.24) is 15.2 Å². The minimum atomic E-state index is -0.103. The molecule has 2 aromatic rings. The van der Waals surface area contributed by atoms with Crippen LogP contribution in [0, 0.1) is 0 Å². The van der Waals surface area contributed by atoms with Crippen LogP contribution >= 0.6 is 11.6 Å². The lowest BCUT2D eigenvalue weighted by molar-refractivity contribution is 0.0941. The van der Waals surface area contributed by atoms with E-state index >= 15 is 0 Å².